The van der Waals surface area contributed by atoms with E-state index in [-0.39, 0.29) is 16.6 Å². The monoisotopic (exact) mass is 358 g/mol. The van der Waals surface area contributed by atoms with Gasteiger partial charge in [-0.15, -0.1) is 0 Å². The molecule has 0 bridgehead atoms. The fourth-order valence-electron chi connectivity index (χ4n) is 2.04. The summed E-state index contributed by atoms with van der Waals surface area (Å²) in [5.74, 6) is -0.221. The largest absolute Gasteiger partial charge is 0.459 e. The number of rotatable bonds is 5. The Kier molecular flexibility index (Phi) is 4.48. The second-order valence-electron chi connectivity index (χ2n) is 5.09. The molecule has 8 nitrogen and oxygen atoms in total. The van der Waals surface area contributed by atoms with E-state index in [1.807, 2.05) is 0 Å². The molecular weight excluding hydrogens is 344 g/mol. The van der Waals surface area contributed by atoms with Crippen molar-refractivity contribution in [2.75, 3.05) is 10.0 Å². The normalized spacial score (nSPS) is 11.1. The molecule has 128 valence electrons. The van der Waals surface area contributed by atoms with Crippen LogP contribution in [-0.4, -0.2) is 24.3 Å². The van der Waals surface area contributed by atoms with E-state index in [1.54, 1.807) is 19.1 Å². The summed E-state index contributed by atoms with van der Waals surface area (Å²) in [5, 5.41) is 2.64. The Morgan fingerprint density at radius 2 is 1.76 bits per heavy atom. The van der Waals surface area contributed by atoms with Crippen LogP contribution in [0.5, 0.6) is 0 Å². The molecule has 3 rings (SSSR count). The Bertz CT molecular complexity index is 982. The van der Waals surface area contributed by atoms with Gasteiger partial charge in [-0.1, -0.05) is 0 Å². The van der Waals surface area contributed by atoms with Crippen molar-refractivity contribution in [2.24, 2.45) is 0 Å². The first-order valence-electron chi connectivity index (χ1n) is 7.21. The van der Waals surface area contributed by atoms with Gasteiger partial charge < -0.3 is 9.73 Å². The van der Waals surface area contributed by atoms with Crippen molar-refractivity contribution in [1.29, 1.82) is 0 Å². The standard InChI is InChI=1S/C16H14N4O4S/c1-11-7-10-24-14(11)15(21)19-12-3-5-13(6-4-12)25(22,23)20-16-17-8-2-9-18-16/h2-10H,1H3,(H,19,21)(H,17,18,20). The fourth-order valence-corrected chi connectivity index (χ4v) is 3.00. The highest BCUT2D eigenvalue weighted by Crippen LogP contribution is 2.18. The van der Waals surface area contributed by atoms with Crippen molar-refractivity contribution in [3.8, 4) is 0 Å². The molecular formula is C16H14N4O4S. The summed E-state index contributed by atoms with van der Waals surface area (Å²) in [6.45, 7) is 1.76. The molecule has 1 aromatic carbocycles. The Morgan fingerprint density at radius 1 is 1.08 bits per heavy atom. The molecule has 2 N–H and O–H groups in total. The lowest BCUT2D eigenvalue weighted by atomic mass is 10.2. The summed E-state index contributed by atoms with van der Waals surface area (Å²) in [6.07, 6.45) is 4.29. The maximum atomic E-state index is 12.3. The lowest BCUT2D eigenvalue weighted by Crippen LogP contribution is -2.15. The maximum Gasteiger partial charge on any atom is 0.291 e. The van der Waals surface area contributed by atoms with Crippen molar-refractivity contribution in [2.45, 2.75) is 11.8 Å². The number of hydrogen-bond acceptors (Lipinski definition) is 6. The molecule has 0 fully saturated rings. The summed E-state index contributed by atoms with van der Waals surface area (Å²) in [4.78, 5) is 19.7. The smallest absolute Gasteiger partial charge is 0.291 e. The van der Waals surface area contributed by atoms with Gasteiger partial charge in [0.25, 0.3) is 15.9 Å². The van der Waals surface area contributed by atoms with Crippen LogP contribution in [0.25, 0.3) is 0 Å². The Hall–Kier alpha value is -3.20. The first kappa shape index (κ1) is 16.7. The number of hydrogen-bond donors (Lipinski definition) is 2. The molecule has 0 aliphatic heterocycles. The van der Waals surface area contributed by atoms with Crippen LogP contribution in [0, 0.1) is 6.92 Å². The van der Waals surface area contributed by atoms with E-state index in [1.165, 1.54) is 42.9 Å². The third-order valence-electron chi connectivity index (χ3n) is 3.28. The van der Waals surface area contributed by atoms with Crippen LogP contribution in [0.15, 0.2) is 64.4 Å². The highest BCUT2D eigenvalue weighted by Gasteiger charge is 2.16. The van der Waals surface area contributed by atoms with Crippen LogP contribution in [0.1, 0.15) is 16.1 Å². The van der Waals surface area contributed by atoms with E-state index in [0.717, 1.165) is 0 Å². The van der Waals surface area contributed by atoms with E-state index in [4.69, 9.17) is 4.42 Å². The van der Waals surface area contributed by atoms with Crippen LogP contribution in [0.3, 0.4) is 0 Å². The summed E-state index contributed by atoms with van der Waals surface area (Å²) < 4.78 is 31.9. The van der Waals surface area contributed by atoms with Crippen molar-refractivity contribution in [3.05, 3.63) is 66.4 Å². The van der Waals surface area contributed by atoms with Crippen molar-refractivity contribution in [3.63, 3.8) is 0 Å². The van der Waals surface area contributed by atoms with Crippen LogP contribution in [0.2, 0.25) is 0 Å². The van der Waals surface area contributed by atoms with Gasteiger partial charge in [0.15, 0.2) is 5.76 Å². The molecule has 0 spiro atoms. The third-order valence-corrected chi connectivity index (χ3v) is 4.63. The first-order valence-corrected chi connectivity index (χ1v) is 8.69. The van der Waals surface area contributed by atoms with Gasteiger partial charge in [0.05, 0.1) is 11.2 Å². The number of nitrogens with one attached hydrogen (secondary N) is 2. The zero-order chi connectivity index (χ0) is 17.9. The van der Waals surface area contributed by atoms with E-state index in [9.17, 15) is 13.2 Å². The number of sulfonamides is 1. The van der Waals surface area contributed by atoms with E-state index in [2.05, 4.69) is 20.0 Å². The first-order chi connectivity index (χ1) is 12.0. The number of nitrogens with zero attached hydrogens (tertiary/aromatic N) is 2. The SMILES string of the molecule is Cc1ccoc1C(=O)Nc1ccc(S(=O)(=O)Nc2ncccn2)cc1. The van der Waals surface area contributed by atoms with Crippen LogP contribution < -0.4 is 10.0 Å². The Labute approximate surface area is 144 Å². The summed E-state index contributed by atoms with van der Waals surface area (Å²) in [5.41, 5.74) is 1.15. The van der Waals surface area contributed by atoms with Gasteiger partial charge in [-0.2, -0.15) is 0 Å². The van der Waals surface area contributed by atoms with Crippen LogP contribution in [0.4, 0.5) is 11.6 Å². The van der Waals surface area contributed by atoms with Gasteiger partial charge >= 0.3 is 0 Å². The number of furan rings is 1. The number of anilines is 2. The fraction of sp³-hybridized carbons (Fsp3) is 0.0625. The minimum atomic E-state index is -3.81. The molecule has 0 aliphatic rings. The second-order valence-corrected chi connectivity index (χ2v) is 6.77. The van der Waals surface area contributed by atoms with Gasteiger partial charge in [0.2, 0.25) is 5.95 Å². The van der Waals surface area contributed by atoms with Gasteiger partial charge in [0.1, 0.15) is 0 Å². The van der Waals surface area contributed by atoms with Crippen molar-refractivity contribution < 1.29 is 17.6 Å². The topological polar surface area (TPSA) is 114 Å². The summed E-state index contributed by atoms with van der Waals surface area (Å²) in [6, 6.07) is 8.97. The Balaban J connectivity index is 1.73. The van der Waals surface area contributed by atoms with Gasteiger partial charge in [-0.05, 0) is 43.3 Å². The molecule has 0 atom stereocenters. The zero-order valence-electron chi connectivity index (χ0n) is 13.1. The predicted molar refractivity (Wildman–Crippen MR) is 90.7 cm³/mol. The molecule has 1 amide bonds. The summed E-state index contributed by atoms with van der Waals surface area (Å²) >= 11 is 0. The molecule has 3 aromatic rings. The molecule has 0 radical (unpaired) electrons. The van der Waals surface area contributed by atoms with E-state index >= 15 is 0 Å². The molecule has 2 heterocycles. The molecule has 0 aliphatic carbocycles. The third kappa shape index (κ3) is 3.83. The van der Waals surface area contributed by atoms with Gasteiger partial charge in [-0.3, -0.25) is 4.79 Å². The molecule has 0 unspecified atom stereocenters. The molecule has 0 saturated carbocycles. The number of aromatic nitrogens is 2. The van der Waals surface area contributed by atoms with Gasteiger partial charge in [0, 0.05) is 23.6 Å². The van der Waals surface area contributed by atoms with Crippen LogP contribution in [-0.2, 0) is 10.0 Å². The average Bonchev–Trinajstić information content (AvgIpc) is 3.02. The number of amides is 1. The highest BCUT2D eigenvalue weighted by molar-refractivity contribution is 7.92. The predicted octanol–water partition coefficient (Wildman–Crippen LogP) is 2.43. The zero-order valence-corrected chi connectivity index (χ0v) is 13.9. The number of carbonyl (C=O) groups is 1. The van der Waals surface area contributed by atoms with E-state index in [0.29, 0.717) is 11.3 Å². The van der Waals surface area contributed by atoms with E-state index < -0.39 is 15.9 Å². The van der Waals surface area contributed by atoms with Crippen molar-refractivity contribution >= 4 is 27.6 Å². The number of carbonyl (C=O) groups excluding carboxylic acids is 1. The maximum absolute atomic E-state index is 12.3. The van der Waals surface area contributed by atoms with Crippen molar-refractivity contribution in [1.82, 2.24) is 9.97 Å². The highest BCUT2D eigenvalue weighted by atomic mass is 32.2. The minimum Gasteiger partial charge on any atom is -0.459 e. The minimum absolute atomic E-state index is 0.0202. The number of benzene rings is 1. The second kappa shape index (κ2) is 6.73. The summed E-state index contributed by atoms with van der Waals surface area (Å²) in [7, 11) is -3.81. The molecule has 25 heavy (non-hydrogen) atoms. The lowest BCUT2D eigenvalue weighted by molar-refractivity contribution is 0.0996. The van der Waals surface area contributed by atoms with Gasteiger partial charge in [-0.25, -0.2) is 23.1 Å². The quantitative estimate of drug-likeness (QED) is 0.724. The molecule has 9 heteroatoms. The molecule has 2 aromatic heterocycles. The Morgan fingerprint density at radius 3 is 2.36 bits per heavy atom. The number of aryl methyl sites for hydroxylation is 1. The van der Waals surface area contributed by atoms with Crippen LogP contribution >= 0.6 is 0 Å². The average molecular weight is 358 g/mol. The molecule has 0 saturated heterocycles. The lowest BCUT2D eigenvalue weighted by Gasteiger charge is -2.08.